The van der Waals surface area contributed by atoms with E-state index < -0.39 is 12.1 Å². The molecule has 0 aromatic rings. The van der Waals surface area contributed by atoms with Crippen LogP contribution in [0.4, 0.5) is 0 Å². The average molecular weight is 772 g/mol. The lowest BCUT2D eigenvalue weighted by Crippen LogP contribution is -2.45. The number of ether oxygens (including phenoxy) is 1. The molecule has 0 rings (SSSR count). The number of unbranched alkanes of at least 4 members (excludes halogenated alkanes) is 25. The molecule has 0 aliphatic heterocycles. The van der Waals surface area contributed by atoms with Crippen LogP contribution in [0.15, 0.2) is 48.6 Å². The van der Waals surface area contributed by atoms with Crippen LogP contribution in [0, 0.1) is 0 Å². The Morgan fingerprint density at radius 3 is 1.47 bits per heavy atom. The predicted octanol–water partition coefficient (Wildman–Crippen LogP) is 13.5. The summed E-state index contributed by atoms with van der Waals surface area (Å²) in [6.07, 6.45) is 53.9. The van der Waals surface area contributed by atoms with E-state index >= 15 is 0 Å². The monoisotopic (exact) mass is 772 g/mol. The summed E-state index contributed by atoms with van der Waals surface area (Å²) >= 11 is 0. The molecule has 0 bridgehead atoms. The van der Waals surface area contributed by atoms with Gasteiger partial charge in [-0.15, -0.1) is 0 Å². The van der Waals surface area contributed by atoms with Crippen LogP contribution in [-0.4, -0.2) is 47.4 Å². The fraction of sp³-hybridized carbons (Fsp3) is 0.796. The van der Waals surface area contributed by atoms with E-state index in [-0.39, 0.29) is 18.5 Å². The maximum Gasteiger partial charge on any atom is 0.305 e. The van der Waals surface area contributed by atoms with Crippen molar-refractivity contribution in [2.75, 3.05) is 13.2 Å². The predicted molar refractivity (Wildman–Crippen MR) is 236 cm³/mol. The number of aliphatic hydroxyl groups excluding tert-OH is 2. The van der Waals surface area contributed by atoms with Gasteiger partial charge in [0.2, 0.25) is 5.91 Å². The number of rotatable bonds is 42. The van der Waals surface area contributed by atoms with Crippen molar-refractivity contribution in [3.8, 4) is 0 Å². The number of allylic oxidation sites excluding steroid dienone is 7. The summed E-state index contributed by atoms with van der Waals surface area (Å²) in [6, 6.07) is -0.638. The zero-order valence-electron chi connectivity index (χ0n) is 36.1. The van der Waals surface area contributed by atoms with E-state index in [0.717, 1.165) is 83.5 Å². The van der Waals surface area contributed by atoms with Crippen LogP contribution in [0.5, 0.6) is 0 Å². The number of carbonyl (C=O) groups excluding carboxylic acids is 2. The second-order valence-electron chi connectivity index (χ2n) is 15.7. The maximum absolute atomic E-state index is 12.4. The first-order valence-electron chi connectivity index (χ1n) is 23.4. The van der Waals surface area contributed by atoms with Crippen LogP contribution in [0.3, 0.4) is 0 Å². The minimum atomic E-state index is -0.853. The number of carbonyl (C=O) groups is 2. The molecule has 0 heterocycles. The summed E-state index contributed by atoms with van der Waals surface area (Å²) in [5, 5.41) is 22.9. The van der Waals surface area contributed by atoms with Crippen molar-refractivity contribution in [1.29, 1.82) is 0 Å². The first-order chi connectivity index (χ1) is 27.0. The number of aliphatic hydroxyl groups is 2. The highest BCUT2D eigenvalue weighted by Crippen LogP contribution is 2.13. The van der Waals surface area contributed by atoms with Gasteiger partial charge < -0.3 is 20.3 Å². The summed E-state index contributed by atoms with van der Waals surface area (Å²) in [4.78, 5) is 24.3. The highest BCUT2D eigenvalue weighted by molar-refractivity contribution is 5.76. The second-order valence-corrected chi connectivity index (χ2v) is 15.7. The van der Waals surface area contributed by atoms with Crippen molar-refractivity contribution in [3.63, 3.8) is 0 Å². The molecule has 0 saturated heterocycles. The number of hydrogen-bond donors (Lipinski definition) is 3. The molecule has 2 atom stereocenters. The van der Waals surface area contributed by atoms with Crippen LogP contribution in [-0.2, 0) is 14.3 Å². The van der Waals surface area contributed by atoms with Gasteiger partial charge >= 0.3 is 5.97 Å². The van der Waals surface area contributed by atoms with Crippen LogP contribution < -0.4 is 5.32 Å². The zero-order valence-corrected chi connectivity index (χ0v) is 36.1. The Hall–Kier alpha value is -2.18. The normalized spacial score (nSPS) is 13.2. The smallest absolute Gasteiger partial charge is 0.305 e. The van der Waals surface area contributed by atoms with Crippen molar-refractivity contribution in [1.82, 2.24) is 5.32 Å². The van der Waals surface area contributed by atoms with Gasteiger partial charge in [-0.2, -0.15) is 0 Å². The highest BCUT2D eigenvalue weighted by Gasteiger charge is 2.18. The Balaban J connectivity index is 3.52. The minimum absolute atomic E-state index is 0.0281. The lowest BCUT2D eigenvalue weighted by atomic mass is 10.1. The van der Waals surface area contributed by atoms with Gasteiger partial charge in [0.1, 0.15) is 0 Å². The van der Waals surface area contributed by atoms with Crippen molar-refractivity contribution < 1.29 is 24.5 Å². The summed E-state index contributed by atoms with van der Waals surface area (Å²) in [5.74, 6) is -0.116. The third-order valence-corrected chi connectivity index (χ3v) is 10.3. The molecule has 0 fully saturated rings. The lowest BCUT2D eigenvalue weighted by Gasteiger charge is -2.20. The largest absolute Gasteiger partial charge is 0.466 e. The summed E-state index contributed by atoms with van der Waals surface area (Å²) < 4.78 is 5.43. The Bertz CT molecular complexity index is 942. The first kappa shape index (κ1) is 52.8. The van der Waals surface area contributed by atoms with Gasteiger partial charge in [-0.3, -0.25) is 9.59 Å². The Morgan fingerprint density at radius 1 is 0.509 bits per heavy atom. The van der Waals surface area contributed by atoms with E-state index in [1.54, 1.807) is 6.08 Å². The SMILES string of the molecule is CCC/C=C\C/C=C\CCCCCCCC(=O)OCCCCCC/C=C\CCCCCCCCCC(=O)NC(CO)C(O)/C=C/CCCCCCCCCC. The number of nitrogens with one attached hydrogen (secondary N) is 1. The Labute approximate surface area is 340 Å². The topological polar surface area (TPSA) is 95.9 Å². The average Bonchev–Trinajstić information content (AvgIpc) is 3.18. The zero-order chi connectivity index (χ0) is 40.1. The number of hydrogen-bond acceptors (Lipinski definition) is 5. The number of amides is 1. The van der Waals surface area contributed by atoms with Gasteiger partial charge in [0, 0.05) is 12.8 Å². The Kier molecular flexibility index (Phi) is 42.8. The molecule has 0 spiro atoms. The fourth-order valence-corrected chi connectivity index (χ4v) is 6.66. The Morgan fingerprint density at radius 2 is 0.945 bits per heavy atom. The van der Waals surface area contributed by atoms with Crippen molar-refractivity contribution >= 4 is 11.9 Å². The summed E-state index contributed by atoms with van der Waals surface area (Å²) in [6.45, 7) is 4.75. The molecule has 0 saturated carbocycles. The van der Waals surface area contributed by atoms with E-state index in [4.69, 9.17) is 4.74 Å². The molecular weight excluding hydrogens is 683 g/mol. The van der Waals surface area contributed by atoms with Gasteiger partial charge in [-0.25, -0.2) is 0 Å². The highest BCUT2D eigenvalue weighted by atomic mass is 16.5. The molecule has 3 N–H and O–H groups in total. The molecule has 2 unspecified atom stereocenters. The van der Waals surface area contributed by atoms with Gasteiger partial charge in [0.05, 0.1) is 25.4 Å². The molecule has 6 nitrogen and oxygen atoms in total. The quantitative estimate of drug-likeness (QED) is 0.0326. The van der Waals surface area contributed by atoms with E-state index in [0.29, 0.717) is 19.4 Å². The molecule has 0 aromatic carbocycles. The maximum atomic E-state index is 12.4. The third kappa shape index (κ3) is 41.3. The first-order valence-corrected chi connectivity index (χ1v) is 23.4. The van der Waals surface area contributed by atoms with E-state index in [9.17, 15) is 19.8 Å². The second kappa shape index (κ2) is 44.5. The summed E-state index contributed by atoms with van der Waals surface area (Å²) in [7, 11) is 0. The van der Waals surface area contributed by atoms with Crippen LogP contribution in [0.1, 0.15) is 226 Å². The van der Waals surface area contributed by atoms with Gasteiger partial charge in [-0.05, 0) is 83.5 Å². The molecule has 0 aliphatic carbocycles. The van der Waals surface area contributed by atoms with Crippen LogP contribution in [0.25, 0.3) is 0 Å². The molecule has 0 aromatic heterocycles. The van der Waals surface area contributed by atoms with E-state index in [1.165, 1.54) is 116 Å². The molecule has 0 radical (unpaired) electrons. The van der Waals surface area contributed by atoms with Crippen molar-refractivity contribution in [3.05, 3.63) is 48.6 Å². The molecule has 320 valence electrons. The molecule has 1 amide bonds. The summed E-state index contributed by atoms with van der Waals surface area (Å²) in [5.41, 5.74) is 0. The molecule has 0 aliphatic rings. The van der Waals surface area contributed by atoms with E-state index in [2.05, 4.69) is 55.6 Å². The standard InChI is InChI=1S/C49H89NO5/c1-3-5-7-9-11-13-15-19-23-27-31-35-39-43-49(54)55-44-40-36-32-28-24-21-18-16-17-20-22-26-30-34-38-42-48(53)50-46(45-51)47(52)41-37-33-29-25-14-12-10-8-6-4-2/h7,9,13,15,18,21,37,41,46-47,51-52H,3-6,8,10-12,14,16-17,19-20,22-36,38-40,42-45H2,1-2H3,(H,50,53)/b9-7-,15-13-,21-18-,41-37+. The minimum Gasteiger partial charge on any atom is -0.466 e. The van der Waals surface area contributed by atoms with Gasteiger partial charge in [-0.1, -0.05) is 178 Å². The lowest BCUT2D eigenvalue weighted by molar-refractivity contribution is -0.143. The van der Waals surface area contributed by atoms with Crippen molar-refractivity contribution in [2.45, 2.75) is 238 Å². The van der Waals surface area contributed by atoms with Crippen LogP contribution in [0.2, 0.25) is 0 Å². The molecule has 55 heavy (non-hydrogen) atoms. The van der Waals surface area contributed by atoms with E-state index in [1.807, 2.05) is 6.08 Å². The van der Waals surface area contributed by atoms with Gasteiger partial charge in [0.15, 0.2) is 0 Å². The van der Waals surface area contributed by atoms with Crippen molar-refractivity contribution in [2.24, 2.45) is 0 Å². The number of esters is 1. The van der Waals surface area contributed by atoms with Gasteiger partial charge in [0.25, 0.3) is 0 Å². The van der Waals surface area contributed by atoms with Crippen LogP contribution >= 0.6 is 0 Å². The molecule has 6 heteroatoms. The molecular formula is C49H89NO5. The third-order valence-electron chi connectivity index (χ3n) is 10.3. The fourth-order valence-electron chi connectivity index (χ4n) is 6.66.